The highest BCUT2D eigenvalue weighted by Crippen LogP contribution is 2.27. The lowest BCUT2D eigenvalue weighted by Gasteiger charge is -2.14. The van der Waals surface area contributed by atoms with Gasteiger partial charge in [-0.2, -0.15) is 0 Å². The van der Waals surface area contributed by atoms with E-state index in [-0.39, 0.29) is 0 Å². The molecule has 0 aliphatic rings. The number of hydrogen-bond acceptors (Lipinski definition) is 2. The lowest BCUT2D eigenvalue weighted by atomic mass is 10.2. The molecule has 0 saturated carbocycles. The van der Waals surface area contributed by atoms with Gasteiger partial charge in [0.25, 0.3) is 0 Å². The number of rotatable bonds is 6. The molecular weight excluding hydrogens is 412 g/mol. The van der Waals surface area contributed by atoms with Gasteiger partial charge in [0.1, 0.15) is 12.4 Å². The molecule has 0 amide bonds. The summed E-state index contributed by atoms with van der Waals surface area (Å²) in [7, 11) is 0. The van der Waals surface area contributed by atoms with Crippen LogP contribution < -0.4 is 10.1 Å². The minimum absolute atomic E-state index is 0.439. The average molecular weight is 427 g/mol. The maximum atomic E-state index is 6.14. The Morgan fingerprint density at radius 3 is 2.04 bits per heavy atom. The maximum Gasteiger partial charge on any atom is 0.124 e. The maximum absolute atomic E-state index is 6.14. The fourth-order valence-electron chi connectivity index (χ4n) is 2.42. The number of benzene rings is 3. The van der Waals surface area contributed by atoms with Gasteiger partial charge in [0, 0.05) is 37.9 Å². The zero-order valence-electron chi connectivity index (χ0n) is 13.6. The molecule has 6 heteroatoms. The lowest BCUT2D eigenvalue weighted by molar-refractivity contribution is 0.303. The third-order valence-corrected chi connectivity index (χ3v) is 4.60. The van der Waals surface area contributed by atoms with Crippen LogP contribution >= 0.6 is 46.4 Å². The van der Waals surface area contributed by atoms with Gasteiger partial charge < -0.3 is 10.1 Å². The van der Waals surface area contributed by atoms with E-state index in [4.69, 9.17) is 51.1 Å². The fourth-order valence-corrected chi connectivity index (χ4v) is 3.27. The largest absolute Gasteiger partial charge is 0.489 e. The van der Waals surface area contributed by atoms with Gasteiger partial charge in [-0.15, -0.1) is 0 Å². The van der Waals surface area contributed by atoms with Crippen LogP contribution in [0.25, 0.3) is 0 Å². The fraction of sp³-hybridized carbons (Fsp3) is 0.100. The van der Waals surface area contributed by atoms with Crippen LogP contribution in [-0.4, -0.2) is 0 Å². The summed E-state index contributed by atoms with van der Waals surface area (Å²) in [6.07, 6.45) is 0. The van der Waals surface area contributed by atoms with Crippen molar-refractivity contribution in [2.45, 2.75) is 13.2 Å². The first kappa shape index (κ1) is 19.2. The Balaban J connectivity index is 1.71. The first-order chi connectivity index (χ1) is 12.5. The molecule has 1 N–H and O–H groups in total. The Kier molecular flexibility index (Phi) is 6.55. The second-order valence-corrected chi connectivity index (χ2v) is 7.42. The van der Waals surface area contributed by atoms with E-state index in [0.29, 0.717) is 33.2 Å². The molecule has 0 bridgehead atoms. The normalized spacial score (nSPS) is 10.6. The molecule has 3 aromatic carbocycles. The van der Waals surface area contributed by atoms with Crippen LogP contribution in [0, 0.1) is 0 Å². The van der Waals surface area contributed by atoms with E-state index < -0.39 is 0 Å². The number of halogens is 4. The zero-order valence-corrected chi connectivity index (χ0v) is 16.6. The number of nitrogens with one attached hydrogen (secondary N) is 1. The summed E-state index contributed by atoms with van der Waals surface area (Å²) in [6.45, 7) is 0.960. The second-order valence-electron chi connectivity index (χ2n) is 5.68. The van der Waals surface area contributed by atoms with Crippen LogP contribution in [0.2, 0.25) is 20.1 Å². The highest BCUT2D eigenvalue weighted by Gasteiger charge is 2.07. The molecule has 0 radical (unpaired) electrons. The van der Waals surface area contributed by atoms with E-state index in [1.807, 2.05) is 48.5 Å². The third-order valence-electron chi connectivity index (χ3n) is 3.68. The van der Waals surface area contributed by atoms with E-state index in [0.717, 1.165) is 22.6 Å². The van der Waals surface area contributed by atoms with Gasteiger partial charge in [-0.25, -0.2) is 0 Å². The molecule has 0 aromatic heterocycles. The van der Waals surface area contributed by atoms with E-state index in [1.165, 1.54) is 0 Å². The van der Waals surface area contributed by atoms with Crippen LogP contribution in [0.15, 0.2) is 60.7 Å². The highest BCUT2D eigenvalue weighted by molar-refractivity contribution is 6.35. The van der Waals surface area contributed by atoms with Gasteiger partial charge in [-0.3, -0.25) is 0 Å². The van der Waals surface area contributed by atoms with E-state index in [2.05, 4.69) is 5.32 Å². The minimum Gasteiger partial charge on any atom is -0.489 e. The first-order valence-corrected chi connectivity index (χ1v) is 9.36. The quantitative estimate of drug-likeness (QED) is 0.440. The first-order valence-electron chi connectivity index (χ1n) is 7.85. The SMILES string of the molecule is Clc1ccc(COc2ccc(Cl)cc2CNc2cc(Cl)cc(Cl)c2)cc1. The van der Waals surface area contributed by atoms with Gasteiger partial charge in [-0.1, -0.05) is 58.5 Å². The summed E-state index contributed by atoms with van der Waals surface area (Å²) in [4.78, 5) is 0. The molecule has 0 saturated heterocycles. The number of hydrogen-bond donors (Lipinski definition) is 1. The predicted octanol–water partition coefficient (Wildman–Crippen LogP) is 7.49. The van der Waals surface area contributed by atoms with E-state index in [1.54, 1.807) is 12.1 Å². The van der Waals surface area contributed by atoms with Crippen LogP contribution in [-0.2, 0) is 13.2 Å². The Bertz CT molecular complexity index is 877. The van der Waals surface area contributed by atoms with Crippen molar-refractivity contribution in [2.75, 3.05) is 5.32 Å². The molecule has 134 valence electrons. The van der Waals surface area contributed by atoms with E-state index >= 15 is 0 Å². The van der Waals surface area contributed by atoms with Gasteiger partial charge in [0.05, 0.1) is 0 Å². The number of ether oxygens (including phenoxy) is 1. The van der Waals surface area contributed by atoms with Crippen molar-refractivity contribution in [3.8, 4) is 5.75 Å². The molecule has 26 heavy (non-hydrogen) atoms. The summed E-state index contributed by atoms with van der Waals surface area (Å²) in [5.41, 5.74) is 2.79. The van der Waals surface area contributed by atoms with Crippen molar-refractivity contribution >= 4 is 52.1 Å². The van der Waals surface area contributed by atoms with Crippen molar-refractivity contribution in [1.82, 2.24) is 0 Å². The van der Waals surface area contributed by atoms with Gasteiger partial charge >= 0.3 is 0 Å². The van der Waals surface area contributed by atoms with Gasteiger partial charge in [-0.05, 0) is 54.1 Å². The van der Waals surface area contributed by atoms with Crippen molar-refractivity contribution in [3.05, 3.63) is 91.9 Å². The standard InChI is InChI=1S/C20H15Cl4NO/c21-15-3-1-13(2-4-15)12-26-20-6-5-16(22)7-14(20)11-25-19-9-17(23)8-18(24)10-19/h1-10,25H,11-12H2. The Labute approximate surface area is 172 Å². The molecule has 3 aromatic rings. The van der Waals surface area contributed by atoms with Crippen LogP contribution in [0.3, 0.4) is 0 Å². The molecule has 0 atom stereocenters. The summed E-state index contributed by atoms with van der Waals surface area (Å²) < 4.78 is 5.96. The average Bonchev–Trinajstić information content (AvgIpc) is 2.60. The Morgan fingerprint density at radius 2 is 1.35 bits per heavy atom. The molecule has 0 fully saturated rings. The van der Waals surface area contributed by atoms with Crippen LogP contribution in [0.5, 0.6) is 5.75 Å². The van der Waals surface area contributed by atoms with Crippen LogP contribution in [0.4, 0.5) is 5.69 Å². The molecule has 0 unspecified atom stereocenters. The van der Waals surface area contributed by atoms with Crippen molar-refractivity contribution in [2.24, 2.45) is 0 Å². The third kappa shape index (κ3) is 5.46. The lowest BCUT2D eigenvalue weighted by Crippen LogP contribution is -2.04. The summed E-state index contributed by atoms with van der Waals surface area (Å²) >= 11 is 24.1. The van der Waals surface area contributed by atoms with Crippen molar-refractivity contribution in [1.29, 1.82) is 0 Å². The second kappa shape index (κ2) is 8.88. The summed E-state index contributed by atoms with van der Waals surface area (Å²) in [6, 6.07) is 18.4. The molecule has 2 nitrogen and oxygen atoms in total. The topological polar surface area (TPSA) is 21.3 Å². The number of anilines is 1. The molecular formula is C20H15Cl4NO. The van der Waals surface area contributed by atoms with Crippen molar-refractivity contribution < 1.29 is 4.74 Å². The summed E-state index contributed by atoms with van der Waals surface area (Å²) in [5.74, 6) is 0.755. The minimum atomic E-state index is 0.439. The smallest absolute Gasteiger partial charge is 0.124 e. The highest BCUT2D eigenvalue weighted by atomic mass is 35.5. The Hall–Kier alpha value is -1.58. The molecule has 0 aliphatic heterocycles. The molecule has 0 spiro atoms. The molecule has 0 aliphatic carbocycles. The predicted molar refractivity (Wildman–Crippen MR) is 111 cm³/mol. The monoisotopic (exact) mass is 425 g/mol. The van der Waals surface area contributed by atoms with E-state index in [9.17, 15) is 0 Å². The van der Waals surface area contributed by atoms with Crippen molar-refractivity contribution in [3.63, 3.8) is 0 Å². The molecule has 3 rings (SSSR count). The molecule has 0 heterocycles. The Morgan fingerprint density at radius 1 is 0.692 bits per heavy atom. The summed E-state index contributed by atoms with van der Waals surface area (Å²) in [5, 5.41) is 5.78. The van der Waals surface area contributed by atoms with Gasteiger partial charge in [0.2, 0.25) is 0 Å². The van der Waals surface area contributed by atoms with Crippen LogP contribution in [0.1, 0.15) is 11.1 Å². The van der Waals surface area contributed by atoms with Gasteiger partial charge in [0.15, 0.2) is 0 Å². The zero-order chi connectivity index (χ0) is 18.5.